The van der Waals surface area contributed by atoms with Crippen LogP contribution in [0, 0.1) is 6.92 Å². The van der Waals surface area contributed by atoms with Crippen LogP contribution in [0.1, 0.15) is 17.5 Å². The third-order valence-corrected chi connectivity index (χ3v) is 3.90. The number of aryl methyl sites for hydroxylation is 2. The molecule has 0 amide bonds. The zero-order valence-corrected chi connectivity index (χ0v) is 12.4. The van der Waals surface area contributed by atoms with Gasteiger partial charge >= 0.3 is 0 Å². The molecule has 2 heterocycles. The lowest BCUT2D eigenvalue weighted by Crippen LogP contribution is -2.26. The van der Waals surface area contributed by atoms with E-state index in [1.54, 1.807) is 6.20 Å². The van der Waals surface area contributed by atoms with Gasteiger partial charge in [0.05, 0.1) is 5.69 Å². The third-order valence-electron chi connectivity index (χ3n) is 3.47. The molecule has 1 aliphatic rings. The molecule has 0 saturated carbocycles. The van der Waals surface area contributed by atoms with Crippen molar-refractivity contribution in [3.63, 3.8) is 0 Å². The molecule has 1 aliphatic heterocycles. The zero-order valence-electron chi connectivity index (χ0n) is 10.9. The molecule has 19 heavy (non-hydrogen) atoms. The van der Waals surface area contributed by atoms with E-state index in [4.69, 9.17) is 5.73 Å². The Kier molecular flexibility index (Phi) is 3.19. The lowest BCUT2D eigenvalue weighted by atomic mass is 9.99. The second kappa shape index (κ2) is 4.85. The standard InChI is InChI=1S/C15H16BrN3/c1-10-4-5-14-11(7-10)3-2-6-19(14)15-13(17)8-12(16)9-18-15/h4-5,7-9H,2-3,6,17H2,1H3. The number of aromatic nitrogens is 1. The van der Waals surface area contributed by atoms with Crippen molar-refractivity contribution < 1.29 is 0 Å². The van der Waals surface area contributed by atoms with Gasteiger partial charge in [-0.05, 0) is 53.4 Å². The van der Waals surface area contributed by atoms with Gasteiger partial charge in [-0.1, -0.05) is 17.7 Å². The summed E-state index contributed by atoms with van der Waals surface area (Å²) in [5.74, 6) is 0.855. The fourth-order valence-corrected chi connectivity index (χ4v) is 2.97. The highest BCUT2D eigenvalue weighted by atomic mass is 79.9. The first kappa shape index (κ1) is 12.5. The van der Waals surface area contributed by atoms with Crippen molar-refractivity contribution in [1.29, 1.82) is 0 Å². The normalized spacial score (nSPS) is 14.3. The Bertz CT molecular complexity index is 625. The van der Waals surface area contributed by atoms with Crippen molar-refractivity contribution >= 4 is 33.1 Å². The minimum atomic E-state index is 0.711. The molecule has 4 heteroatoms. The minimum absolute atomic E-state index is 0.711. The summed E-state index contributed by atoms with van der Waals surface area (Å²) in [7, 11) is 0. The lowest BCUT2D eigenvalue weighted by Gasteiger charge is -2.31. The van der Waals surface area contributed by atoms with Gasteiger partial charge in [0.15, 0.2) is 5.82 Å². The highest BCUT2D eigenvalue weighted by Crippen LogP contribution is 2.36. The van der Waals surface area contributed by atoms with Gasteiger partial charge in [-0.15, -0.1) is 0 Å². The fourth-order valence-electron chi connectivity index (χ4n) is 2.62. The van der Waals surface area contributed by atoms with Crippen LogP contribution >= 0.6 is 15.9 Å². The van der Waals surface area contributed by atoms with Crippen molar-refractivity contribution in [3.8, 4) is 0 Å². The van der Waals surface area contributed by atoms with Gasteiger partial charge in [0.25, 0.3) is 0 Å². The number of nitrogens with zero attached hydrogens (tertiary/aromatic N) is 2. The summed E-state index contributed by atoms with van der Waals surface area (Å²) in [6.45, 7) is 3.10. The molecule has 0 unspecified atom stereocenters. The predicted octanol–water partition coefficient (Wildman–Crippen LogP) is 3.82. The number of rotatable bonds is 1. The second-order valence-electron chi connectivity index (χ2n) is 4.95. The van der Waals surface area contributed by atoms with Crippen molar-refractivity contribution in [2.24, 2.45) is 0 Å². The summed E-state index contributed by atoms with van der Waals surface area (Å²) in [5, 5.41) is 0. The van der Waals surface area contributed by atoms with E-state index in [1.165, 1.54) is 16.8 Å². The van der Waals surface area contributed by atoms with Crippen molar-refractivity contribution in [3.05, 3.63) is 46.1 Å². The first-order valence-corrected chi connectivity index (χ1v) is 7.22. The van der Waals surface area contributed by atoms with E-state index in [2.05, 4.69) is 50.9 Å². The largest absolute Gasteiger partial charge is 0.396 e. The molecule has 3 rings (SSSR count). The van der Waals surface area contributed by atoms with E-state index in [0.717, 1.165) is 29.7 Å². The molecule has 0 spiro atoms. The maximum absolute atomic E-state index is 6.11. The van der Waals surface area contributed by atoms with Crippen LogP contribution in [0.3, 0.4) is 0 Å². The van der Waals surface area contributed by atoms with E-state index in [1.807, 2.05) is 6.07 Å². The van der Waals surface area contributed by atoms with Crippen LogP contribution in [-0.2, 0) is 6.42 Å². The Morgan fingerprint density at radius 3 is 2.95 bits per heavy atom. The molecule has 1 aromatic carbocycles. The molecule has 0 fully saturated rings. The van der Waals surface area contributed by atoms with Crippen LogP contribution in [-0.4, -0.2) is 11.5 Å². The number of benzene rings is 1. The van der Waals surface area contributed by atoms with Crippen LogP contribution < -0.4 is 10.6 Å². The van der Waals surface area contributed by atoms with Gasteiger partial charge < -0.3 is 10.6 Å². The first-order chi connectivity index (χ1) is 9.15. The Labute approximate surface area is 121 Å². The Morgan fingerprint density at radius 2 is 2.16 bits per heavy atom. The molecule has 1 aromatic heterocycles. The van der Waals surface area contributed by atoms with E-state index < -0.39 is 0 Å². The van der Waals surface area contributed by atoms with E-state index >= 15 is 0 Å². The highest BCUT2D eigenvalue weighted by Gasteiger charge is 2.20. The average Bonchev–Trinajstić information content (AvgIpc) is 2.38. The zero-order chi connectivity index (χ0) is 13.4. The van der Waals surface area contributed by atoms with Gasteiger partial charge in [0, 0.05) is 22.9 Å². The van der Waals surface area contributed by atoms with E-state index in [-0.39, 0.29) is 0 Å². The predicted molar refractivity (Wildman–Crippen MR) is 82.9 cm³/mol. The maximum atomic E-state index is 6.11. The number of anilines is 3. The topological polar surface area (TPSA) is 42.2 Å². The number of nitrogens with two attached hydrogens (primary N) is 1. The summed E-state index contributed by atoms with van der Waals surface area (Å²) >= 11 is 3.40. The highest BCUT2D eigenvalue weighted by molar-refractivity contribution is 9.10. The van der Waals surface area contributed by atoms with Crippen LogP contribution in [0.15, 0.2) is 34.9 Å². The van der Waals surface area contributed by atoms with Gasteiger partial charge in [-0.3, -0.25) is 0 Å². The molecular weight excluding hydrogens is 302 g/mol. The summed E-state index contributed by atoms with van der Waals surface area (Å²) in [6, 6.07) is 8.49. The lowest BCUT2D eigenvalue weighted by molar-refractivity contribution is 0.759. The molecule has 0 radical (unpaired) electrons. The third kappa shape index (κ3) is 2.32. The molecule has 0 saturated heterocycles. The number of pyridine rings is 1. The molecular formula is C15H16BrN3. The number of hydrogen-bond acceptors (Lipinski definition) is 3. The van der Waals surface area contributed by atoms with Crippen molar-refractivity contribution in [2.45, 2.75) is 19.8 Å². The van der Waals surface area contributed by atoms with Crippen LogP contribution in [0.5, 0.6) is 0 Å². The Morgan fingerprint density at radius 1 is 1.32 bits per heavy atom. The molecule has 0 atom stereocenters. The molecule has 0 aliphatic carbocycles. The number of halogens is 1. The summed E-state index contributed by atoms with van der Waals surface area (Å²) < 4.78 is 0.912. The minimum Gasteiger partial charge on any atom is -0.396 e. The van der Waals surface area contributed by atoms with Crippen molar-refractivity contribution in [1.82, 2.24) is 4.98 Å². The second-order valence-corrected chi connectivity index (χ2v) is 5.87. The van der Waals surface area contributed by atoms with Crippen LogP contribution in [0.4, 0.5) is 17.2 Å². The smallest absolute Gasteiger partial charge is 0.156 e. The van der Waals surface area contributed by atoms with E-state index in [0.29, 0.717) is 5.69 Å². The quantitative estimate of drug-likeness (QED) is 0.869. The summed E-state index contributed by atoms with van der Waals surface area (Å²) in [5.41, 5.74) is 10.7. The van der Waals surface area contributed by atoms with Crippen molar-refractivity contribution in [2.75, 3.05) is 17.2 Å². The van der Waals surface area contributed by atoms with Gasteiger partial charge in [-0.2, -0.15) is 0 Å². The molecule has 0 bridgehead atoms. The summed E-state index contributed by atoms with van der Waals surface area (Å²) in [4.78, 5) is 6.70. The SMILES string of the molecule is Cc1ccc2c(c1)CCCN2c1ncc(Br)cc1N. The van der Waals surface area contributed by atoms with Gasteiger partial charge in [0.1, 0.15) is 0 Å². The van der Waals surface area contributed by atoms with Crippen LogP contribution in [0.2, 0.25) is 0 Å². The number of hydrogen-bond donors (Lipinski definition) is 1. The van der Waals surface area contributed by atoms with Gasteiger partial charge in [0.2, 0.25) is 0 Å². The summed E-state index contributed by atoms with van der Waals surface area (Å²) in [6.07, 6.45) is 4.06. The number of fused-ring (bicyclic) bond motifs is 1. The monoisotopic (exact) mass is 317 g/mol. The Balaban J connectivity index is 2.08. The maximum Gasteiger partial charge on any atom is 0.156 e. The fraction of sp³-hybridized carbons (Fsp3) is 0.267. The van der Waals surface area contributed by atoms with Crippen LogP contribution in [0.25, 0.3) is 0 Å². The number of nitrogen functional groups attached to an aromatic ring is 1. The molecule has 2 N–H and O–H groups in total. The molecule has 3 nitrogen and oxygen atoms in total. The Hall–Kier alpha value is -1.55. The molecule has 98 valence electrons. The van der Waals surface area contributed by atoms with Gasteiger partial charge in [-0.25, -0.2) is 4.98 Å². The first-order valence-electron chi connectivity index (χ1n) is 6.43. The average molecular weight is 318 g/mol. The molecule has 2 aromatic rings. The van der Waals surface area contributed by atoms with E-state index in [9.17, 15) is 0 Å².